The molecule has 2 N–H and O–H groups in total. The van der Waals surface area contributed by atoms with Gasteiger partial charge in [-0.05, 0) is 57.8 Å². The maximum atomic E-state index is 2.48. The highest BCUT2D eigenvalue weighted by atomic mass is 16.0. The van der Waals surface area contributed by atoms with Gasteiger partial charge < -0.3 is 19.9 Å². The van der Waals surface area contributed by atoms with Gasteiger partial charge in [0.25, 0.3) is 0 Å². The highest BCUT2D eigenvalue weighted by molar-refractivity contribution is 4.54. The van der Waals surface area contributed by atoms with Gasteiger partial charge in [0.15, 0.2) is 0 Å². The molecule has 4 nitrogen and oxygen atoms in total. The Morgan fingerprint density at radius 1 is 0.524 bits per heavy atom. The first-order valence-electron chi connectivity index (χ1n) is 8.79. The van der Waals surface area contributed by atoms with E-state index in [2.05, 4.69) is 14.1 Å². The fourth-order valence-electron chi connectivity index (χ4n) is 4.16. The average Bonchev–Trinajstić information content (AvgIpc) is 2.40. The van der Waals surface area contributed by atoms with Gasteiger partial charge in [0, 0.05) is 0 Å². The molecule has 2 aliphatic rings. The lowest BCUT2D eigenvalue weighted by Crippen LogP contribution is -2.49. The molecule has 0 aromatic rings. The van der Waals surface area contributed by atoms with Crippen molar-refractivity contribution in [2.45, 2.75) is 57.8 Å². The smallest absolute Gasteiger partial charge is 0.0784 e. The Morgan fingerprint density at radius 2 is 0.857 bits per heavy atom. The van der Waals surface area contributed by atoms with Crippen molar-refractivity contribution in [3.8, 4) is 0 Å². The van der Waals surface area contributed by atoms with Crippen molar-refractivity contribution in [1.82, 2.24) is 0 Å². The molecule has 0 radical (unpaired) electrons. The van der Waals surface area contributed by atoms with Gasteiger partial charge in [-0.1, -0.05) is 0 Å². The highest BCUT2D eigenvalue weighted by Crippen LogP contribution is 2.19. The maximum absolute atomic E-state index is 2.48. The van der Waals surface area contributed by atoms with Crippen molar-refractivity contribution < 1.29 is 19.9 Å². The van der Waals surface area contributed by atoms with E-state index >= 15 is 0 Å². The minimum atomic E-state index is 0. The molecule has 2 saturated heterocycles. The first kappa shape index (κ1) is 20.8. The molecule has 128 valence electrons. The molecule has 0 atom stereocenters. The minimum absolute atomic E-state index is 0. The van der Waals surface area contributed by atoms with Crippen molar-refractivity contribution in [1.29, 1.82) is 0 Å². The molecule has 0 spiro atoms. The zero-order chi connectivity index (χ0) is 13.6. The van der Waals surface area contributed by atoms with Gasteiger partial charge in [0.1, 0.15) is 0 Å². The fraction of sp³-hybridized carbons (Fsp3) is 1.00. The standard InChI is InChI=1S/C17H36N2.2H2O/c1-18(12-6-3-7-13-18)16-10-5-11-17-19(2)14-8-4-9-15-19;;/h3-17H2,1-2H3;2*1H2/q+2;;/p-2. The first-order chi connectivity index (χ1) is 9.12. The fourth-order valence-corrected chi connectivity index (χ4v) is 4.16. The number of hydrogen-bond acceptors (Lipinski definition) is 2. The summed E-state index contributed by atoms with van der Waals surface area (Å²) in [4.78, 5) is 0. The summed E-state index contributed by atoms with van der Waals surface area (Å²) in [6, 6.07) is 0. The second-order valence-corrected chi connectivity index (χ2v) is 7.76. The van der Waals surface area contributed by atoms with Crippen LogP contribution in [0, 0.1) is 0 Å². The number of rotatable bonds is 6. The SMILES string of the molecule is C[N+]1(CCCCC[N+]2(C)CCCCC2)CCCCC1.[OH-].[OH-]. The molecular weight excluding hydrogens is 264 g/mol. The molecule has 4 heteroatoms. The van der Waals surface area contributed by atoms with Gasteiger partial charge >= 0.3 is 0 Å². The number of unbranched alkanes of at least 4 members (excludes halogenated alkanes) is 2. The van der Waals surface area contributed by atoms with Gasteiger partial charge in [0.2, 0.25) is 0 Å². The van der Waals surface area contributed by atoms with Crippen molar-refractivity contribution in [2.24, 2.45) is 0 Å². The largest absolute Gasteiger partial charge is 0.870 e. The molecule has 2 rings (SSSR count). The Kier molecular flexibility index (Phi) is 9.70. The summed E-state index contributed by atoms with van der Waals surface area (Å²) >= 11 is 0. The molecule has 0 bridgehead atoms. The summed E-state index contributed by atoms with van der Waals surface area (Å²) in [5, 5.41) is 0. The molecule has 2 aliphatic heterocycles. The van der Waals surface area contributed by atoms with Crippen LogP contribution in [-0.4, -0.2) is 73.3 Å². The Bertz CT molecular complexity index is 234. The Morgan fingerprint density at radius 3 is 1.19 bits per heavy atom. The number of nitrogens with zero attached hydrogens (tertiary/aromatic N) is 2. The Labute approximate surface area is 131 Å². The third-order valence-corrected chi connectivity index (χ3v) is 5.69. The summed E-state index contributed by atoms with van der Waals surface area (Å²) in [6.45, 7) is 8.62. The van der Waals surface area contributed by atoms with Crippen LogP contribution in [0.1, 0.15) is 57.8 Å². The second-order valence-electron chi connectivity index (χ2n) is 7.76. The van der Waals surface area contributed by atoms with Crippen LogP contribution in [0.25, 0.3) is 0 Å². The maximum Gasteiger partial charge on any atom is 0.0784 e. The van der Waals surface area contributed by atoms with Crippen LogP contribution in [0.3, 0.4) is 0 Å². The molecule has 0 unspecified atom stereocenters. The van der Waals surface area contributed by atoms with Gasteiger partial charge in [-0.3, -0.25) is 0 Å². The lowest BCUT2D eigenvalue weighted by molar-refractivity contribution is -0.916. The molecule has 21 heavy (non-hydrogen) atoms. The van der Waals surface area contributed by atoms with E-state index in [0.29, 0.717) is 0 Å². The number of quaternary nitrogens is 2. The predicted octanol–water partition coefficient (Wildman–Crippen LogP) is 3.06. The molecule has 2 heterocycles. The van der Waals surface area contributed by atoms with Crippen LogP contribution in [-0.2, 0) is 0 Å². The van der Waals surface area contributed by atoms with Crippen molar-refractivity contribution in [3.05, 3.63) is 0 Å². The summed E-state index contributed by atoms with van der Waals surface area (Å²) in [5.41, 5.74) is 0. The van der Waals surface area contributed by atoms with E-state index in [1.807, 2.05) is 0 Å². The monoisotopic (exact) mass is 302 g/mol. The minimum Gasteiger partial charge on any atom is -0.870 e. The topological polar surface area (TPSA) is 60.0 Å². The van der Waals surface area contributed by atoms with Crippen LogP contribution in [0.15, 0.2) is 0 Å². The van der Waals surface area contributed by atoms with Gasteiger partial charge in [-0.15, -0.1) is 0 Å². The number of piperidine rings is 2. The van der Waals surface area contributed by atoms with E-state index in [1.54, 1.807) is 0 Å². The average molecular weight is 303 g/mol. The molecule has 0 aromatic carbocycles. The van der Waals surface area contributed by atoms with E-state index in [9.17, 15) is 0 Å². The van der Waals surface area contributed by atoms with Crippen LogP contribution in [0.5, 0.6) is 0 Å². The Hall–Kier alpha value is -0.160. The van der Waals surface area contributed by atoms with Crippen molar-refractivity contribution in [3.63, 3.8) is 0 Å². The van der Waals surface area contributed by atoms with E-state index < -0.39 is 0 Å². The molecule has 0 aliphatic carbocycles. The first-order valence-corrected chi connectivity index (χ1v) is 8.79. The quantitative estimate of drug-likeness (QED) is 0.559. The molecule has 0 aromatic heterocycles. The molecule has 0 amide bonds. The lowest BCUT2D eigenvalue weighted by Gasteiger charge is -2.39. The van der Waals surface area contributed by atoms with Crippen molar-refractivity contribution >= 4 is 0 Å². The van der Waals surface area contributed by atoms with Crippen LogP contribution in [0.4, 0.5) is 0 Å². The lowest BCUT2D eigenvalue weighted by atomic mass is 10.1. The molecular formula is C17H38N2O2. The number of hydrogen-bond donors (Lipinski definition) is 0. The third-order valence-electron chi connectivity index (χ3n) is 5.69. The van der Waals surface area contributed by atoms with E-state index in [4.69, 9.17) is 0 Å². The summed E-state index contributed by atoms with van der Waals surface area (Å²) in [6.07, 6.45) is 13.2. The zero-order valence-corrected chi connectivity index (χ0v) is 14.4. The van der Waals surface area contributed by atoms with Gasteiger partial charge in [-0.2, -0.15) is 0 Å². The van der Waals surface area contributed by atoms with E-state index in [-0.39, 0.29) is 11.0 Å². The van der Waals surface area contributed by atoms with Crippen molar-refractivity contribution in [2.75, 3.05) is 53.4 Å². The second kappa shape index (κ2) is 9.78. The normalized spacial score (nSPS) is 23.7. The summed E-state index contributed by atoms with van der Waals surface area (Å²) < 4.78 is 2.73. The summed E-state index contributed by atoms with van der Waals surface area (Å²) in [5.74, 6) is 0. The van der Waals surface area contributed by atoms with E-state index in [0.717, 1.165) is 0 Å². The van der Waals surface area contributed by atoms with Gasteiger partial charge in [-0.25, -0.2) is 0 Å². The van der Waals surface area contributed by atoms with Crippen LogP contribution in [0.2, 0.25) is 0 Å². The van der Waals surface area contributed by atoms with E-state index in [1.165, 1.54) is 106 Å². The molecule has 0 saturated carbocycles. The molecule has 2 fully saturated rings. The summed E-state index contributed by atoms with van der Waals surface area (Å²) in [7, 11) is 4.97. The van der Waals surface area contributed by atoms with Gasteiger partial charge in [0.05, 0.1) is 53.4 Å². The highest BCUT2D eigenvalue weighted by Gasteiger charge is 2.25. The van der Waals surface area contributed by atoms with Crippen LogP contribution >= 0.6 is 0 Å². The van der Waals surface area contributed by atoms with Crippen LogP contribution < -0.4 is 0 Å². The zero-order valence-electron chi connectivity index (χ0n) is 14.4. The number of likely N-dealkylation sites (tertiary alicyclic amines) is 2. The Balaban J connectivity index is 0.00000200. The third kappa shape index (κ3) is 7.09. The predicted molar refractivity (Wildman–Crippen MR) is 87.0 cm³/mol.